The van der Waals surface area contributed by atoms with Crippen LogP contribution in [-0.4, -0.2) is 39.8 Å². The molecule has 1 amide bonds. The Balaban J connectivity index is 1.85. The van der Waals surface area contributed by atoms with Crippen LogP contribution in [0.1, 0.15) is 36.8 Å². The van der Waals surface area contributed by atoms with E-state index in [1.165, 1.54) is 0 Å². The van der Waals surface area contributed by atoms with Crippen molar-refractivity contribution in [2.75, 3.05) is 44.1 Å². The number of ether oxygens (including phenoxy) is 3. The summed E-state index contributed by atoms with van der Waals surface area (Å²) in [4.78, 5) is 14.5. The molecular formula is C22H26N2O4. The van der Waals surface area contributed by atoms with Crippen LogP contribution in [-0.2, 0) is 4.79 Å². The summed E-state index contributed by atoms with van der Waals surface area (Å²) in [5, 5.41) is 2.98. The molecular weight excluding hydrogens is 356 g/mol. The lowest BCUT2D eigenvalue weighted by Gasteiger charge is -2.32. The van der Waals surface area contributed by atoms with Crippen LogP contribution in [0.4, 0.5) is 11.4 Å². The molecule has 2 aliphatic rings. The van der Waals surface area contributed by atoms with Crippen LogP contribution in [0, 0.1) is 0 Å². The second-order valence-electron chi connectivity index (χ2n) is 7.32. The number of hydrogen-bond donors (Lipinski definition) is 1. The molecule has 1 unspecified atom stereocenters. The Kier molecular flexibility index (Phi) is 5.03. The molecule has 2 aliphatic heterocycles. The lowest BCUT2D eigenvalue weighted by atomic mass is 9.83. The number of anilines is 2. The van der Waals surface area contributed by atoms with Crippen molar-refractivity contribution in [3.05, 3.63) is 41.5 Å². The zero-order valence-electron chi connectivity index (χ0n) is 16.6. The van der Waals surface area contributed by atoms with Crippen molar-refractivity contribution in [1.29, 1.82) is 0 Å². The number of benzene rings is 2. The van der Waals surface area contributed by atoms with E-state index >= 15 is 0 Å². The number of hydrogen-bond acceptors (Lipinski definition) is 5. The number of nitrogens with one attached hydrogen (secondary N) is 1. The van der Waals surface area contributed by atoms with Gasteiger partial charge in [0.2, 0.25) is 5.91 Å². The molecule has 0 fully saturated rings. The molecule has 0 saturated heterocycles. The summed E-state index contributed by atoms with van der Waals surface area (Å²) in [6, 6.07) is 9.93. The Morgan fingerprint density at radius 2 is 2.00 bits per heavy atom. The standard InChI is InChI=1S/C22H26N2O4/c1-4-9-26-19-12-14(24(2)3)5-6-15(19)16-13-20(25)23-17-7-8-18-22(21(16)17)28-11-10-27-18/h5-8,12,16H,4,9-11,13H2,1-3H3,(H,23,25). The van der Waals surface area contributed by atoms with Gasteiger partial charge in [0.05, 0.1) is 6.61 Å². The third kappa shape index (κ3) is 3.35. The van der Waals surface area contributed by atoms with E-state index in [0.717, 1.165) is 46.2 Å². The number of fused-ring (bicyclic) bond motifs is 3. The summed E-state index contributed by atoms with van der Waals surface area (Å²) >= 11 is 0. The lowest BCUT2D eigenvalue weighted by Crippen LogP contribution is -2.26. The third-order valence-electron chi connectivity index (χ3n) is 5.11. The number of carbonyl (C=O) groups is 1. The van der Waals surface area contributed by atoms with Gasteiger partial charge in [0.25, 0.3) is 0 Å². The van der Waals surface area contributed by atoms with E-state index in [1.807, 2.05) is 37.2 Å². The van der Waals surface area contributed by atoms with E-state index in [1.54, 1.807) is 0 Å². The maximum absolute atomic E-state index is 12.4. The SMILES string of the molecule is CCCOc1cc(N(C)C)ccc1C1CC(=O)Nc2ccc3c(c21)OCCO3. The van der Waals surface area contributed by atoms with Gasteiger partial charge in [-0.15, -0.1) is 0 Å². The van der Waals surface area contributed by atoms with E-state index in [-0.39, 0.29) is 11.8 Å². The van der Waals surface area contributed by atoms with Gasteiger partial charge >= 0.3 is 0 Å². The molecule has 2 aromatic rings. The highest BCUT2D eigenvalue weighted by Crippen LogP contribution is 2.49. The summed E-state index contributed by atoms with van der Waals surface area (Å²) in [6.07, 6.45) is 1.26. The quantitative estimate of drug-likeness (QED) is 0.853. The van der Waals surface area contributed by atoms with Gasteiger partial charge in [-0.2, -0.15) is 0 Å². The van der Waals surface area contributed by atoms with Crippen LogP contribution in [0.3, 0.4) is 0 Å². The molecule has 1 atom stereocenters. The monoisotopic (exact) mass is 382 g/mol. The minimum absolute atomic E-state index is 0.00712. The van der Waals surface area contributed by atoms with Gasteiger partial charge in [0.1, 0.15) is 19.0 Å². The summed E-state index contributed by atoms with van der Waals surface area (Å²) < 4.78 is 17.8. The van der Waals surface area contributed by atoms with E-state index < -0.39 is 0 Å². The second-order valence-corrected chi connectivity index (χ2v) is 7.32. The average molecular weight is 382 g/mol. The number of rotatable bonds is 5. The molecule has 4 rings (SSSR count). The van der Waals surface area contributed by atoms with Crippen molar-refractivity contribution in [1.82, 2.24) is 0 Å². The van der Waals surface area contributed by atoms with Crippen molar-refractivity contribution in [3.63, 3.8) is 0 Å². The fourth-order valence-corrected chi connectivity index (χ4v) is 3.77. The summed E-state index contributed by atoms with van der Waals surface area (Å²) in [7, 11) is 4.01. The predicted octanol–water partition coefficient (Wildman–Crippen LogP) is 3.79. The van der Waals surface area contributed by atoms with Crippen LogP contribution in [0.25, 0.3) is 0 Å². The largest absolute Gasteiger partial charge is 0.493 e. The first kappa shape index (κ1) is 18.5. The average Bonchev–Trinajstić information content (AvgIpc) is 2.71. The number of nitrogens with zero attached hydrogens (tertiary/aromatic N) is 1. The Morgan fingerprint density at radius 3 is 2.79 bits per heavy atom. The minimum Gasteiger partial charge on any atom is -0.493 e. The molecule has 0 spiro atoms. The third-order valence-corrected chi connectivity index (χ3v) is 5.11. The Bertz CT molecular complexity index is 894. The minimum atomic E-state index is -0.150. The second kappa shape index (κ2) is 7.62. The molecule has 0 radical (unpaired) electrons. The molecule has 0 aliphatic carbocycles. The van der Waals surface area contributed by atoms with Crippen LogP contribution in [0.15, 0.2) is 30.3 Å². The molecule has 1 N–H and O–H groups in total. The molecule has 2 aromatic carbocycles. The molecule has 148 valence electrons. The van der Waals surface area contributed by atoms with Crippen molar-refractivity contribution < 1.29 is 19.0 Å². The van der Waals surface area contributed by atoms with E-state index in [4.69, 9.17) is 14.2 Å². The highest BCUT2D eigenvalue weighted by Gasteiger charge is 2.34. The Hall–Kier alpha value is -2.89. The Morgan fingerprint density at radius 1 is 1.18 bits per heavy atom. The number of amides is 1. The van der Waals surface area contributed by atoms with Gasteiger partial charge < -0.3 is 24.4 Å². The molecule has 2 heterocycles. The first-order chi connectivity index (χ1) is 13.6. The van der Waals surface area contributed by atoms with Crippen LogP contribution < -0.4 is 24.4 Å². The molecule has 0 aromatic heterocycles. The van der Waals surface area contributed by atoms with Crippen molar-refractivity contribution >= 4 is 17.3 Å². The lowest BCUT2D eigenvalue weighted by molar-refractivity contribution is -0.116. The van der Waals surface area contributed by atoms with E-state index in [9.17, 15) is 4.79 Å². The molecule has 6 nitrogen and oxygen atoms in total. The smallest absolute Gasteiger partial charge is 0.225 e. The molecule has 28 heavy (non-hydrogen) atoms. The van der Waals surface area contributed by atoms with Gasteiger partial charge in [0, 0.05) is 55.0 Å². The first-order valence-electron chi connectivity index (χ1n) is 9.75. The highest BCUT2D eigenvalue weighted by atomic mass is 16.6. The van der Waals surface area contributed by atoms with Crippen molar-refractivity contribution in [2.24, 2.45) is 0 Å². The number of carbonyl (C=O) groups excluding carboxylic acids is 1. The normalized spacial score (nSPS) is 17.5. The zero-order chi connectivity index (χ0) is 19.7. The van der Waals surface area contributed by atoms with Crippen molar-refractivity contribution in [3.8, 4) is 17.2 Å². The zero-order valence-corrected chi connectivity index (χ0v) is 16.6. The first-order valence-corrected chi connectivity index (χ1v) is 9.75. The summed E-state index contributed by atoms with van der Waals surface area (Å²) in [5.74, 6) is 2.11. The van der Waals surface area contributed by atoms with Gasteiger partial charge in [-0.1, -0.05) is 13.0 Å². The van der Waals surface area contributed by atoms with Crippen LogP contribution in [0.5, 0.6) is 17.2 Å². The fraction of sp³-hybridized carbons (Fsp3) is 0.409. The predicted molar refractivity (Wildman–Crippen MR) is 109 cm³/mol. The molecule has 0 saturated carbocycles. The Labute approximate surface area is 165 Å². The van der Waals surface area contributed by atoms with Gasteiger partial charge in [-0.25, -0.2) is 0 Å². The summed E-state index contributed by atoms with van der Waals surface area (Å²) in [6.45, 7) is 3.75. The summed E-state index contributed by atoms with van der Waals surface area (Å²) in [5.41, 5.74) is 3.81. The maximum Gasteiger partial charge on any atom is 0.225 e. The van der Waals surface area contributed by atoms with Gasteiger partial charge in [-0.3, -0.25) is 4.79 Å². The highest BCUT2D eigenvalue weighted by molar-refractivity contribution is 5.96. The molecule has 0 bridgehead atoms. The maximum atomic E-state index is 12.4. The van der Waals surface area contributed by atoms with Gasteiger partial charge in [0.15, 0.2) is 11.5 Å². The molecule has 6 heteroatoms. The van der Waals surface area contributed by atoms with Crippen LogP contribution in [0.2, 0.25) is 0 Å². The van der Waals surface area contributed by atoms with E-state index in [2.05, 4.69) is 24.4 Å². The van der Waals surface area contributed by atoms with E-state index in [0.29, 0.717) is 26.2 Å². The van der Waals surface area contributed by atoms with Crippen molar-refractivity contribution in [2.45, 2.75) is 25.7 Å². The topological polar surface area (TPSA) is 60.0 Å². The fourth-order valence-electron chi connectivity index (χ4n) is 3.77. The van der Waals surface area contributed by atoms with Crippen LogP contribution >= 0.6 is 0 Å². The van der Waals surface area contributed by atoms with Gasteiger partial charge in [-0.05, 0) is 24.6 Å².